The average molecular weight is 243 g/mol. The number of rotatable bonds is 5. The molecule has 1 aliphatic heterocycles. The number of likely N-dealkylation sites (N-methyl/N-ethyl adjacent to an activating group) is 1. The molecule has 0 bridgehead atoms. The summed E-state index contributed by atoms with van der Waals surface area (Å²) in [4.78, 5) is 13.7. The standard InChI is InChI=1S/C13H25NO3/c1-13(2,12(15)16-4)14(3)8-5-11-6-9-17-10-7-11/h11H,5-10H2,1-4H3. The van der Waals surface area contributed by atoms with Crippen LogP contribution in [0, 0.1) is 5.92 Å². The summed E-state index contributed by atoms with van der Waals surface area (Å²) in [6.07, 6.45) is 3.42. The lowest BCUT2D eigenvalue weighted by Crippen LogP contribution is -2.49. The Morgan fingerprint density at radius 3 is 2.53 bits per heavy atom. The average Bonchev–Trinajstić information content (AvgIpc) is 2.35. The Balaban J connectivity index is 2.37. The van der Waals surface area contributed by atoms with Crippen molar-refractivity contribution < 1.29 is 14.3 Å². The first-order valence-electron chi connectivity index (χ1n) is 6.36. The fourth-order valence-electron chi connectivity index (χ4n) is 2.10. The summed E-state index contributed by atoms with van der Waals surface area (Å²) in [5, 5.41) is 0. The van der Waals surface area contributed by atoms with Gasteiger partial charge in [0.15, 0.2) is 0 Å². The maximum Gasteiger partial charge on any atom is 0.325 e. The van der Waals surface area contributed by atoms with Crippen LogP contribution in [0.3, 0.4) is 0 Å². The molecule has 0 aromatic rings. The molecule has 17 heavy (non-hydrogen) atoms. The van der Waals surface area contributed by atoms with Gasteiger partial charge in [-0.2, -0.15) is 0 Å². The predicted octanol–water partition coefficient (Wildman–Crippen LogP) is 1.69. The van der Waals surface area contributed by atoms with Gasteiger partial charge in [0.05, 0.1) is 7.11 Å². The predicted molar refractivity (Wildman–Crippen MR) is 66.9 cm³/mol. The molecule has 0 unspecified atom stereocenters. The minimum Gasteiger partial charge on any atom is -0.468 e. The Morgan fingerprint density at radius 2 is 2.00 bits per heavy atom. The molecule has 4 nitrogen and oxygen atoms in total. The van der Waals surface area contributed by atoms with Gasteiger partial charge >= 0.3 is 5.97 Å². The normalized spacial score (nSPS) is 18.4. The van der Waals surface area contributed by atoms with Gasteiger partial charge < -0.3 is 9.47 Å². The molecule has 4 heteroatoms. The smallest absolute Gasteiger partial charge is 0.325 e. The zero-order chi connectivity index (χ0) is 12.9. The number of ether oxygens (including phenoxy) is 2. The molecule has 0 saturated carbocycles. The van der Waals surface area contributed by atoms with Gasteiger partial charge in [-0.25, -0.2) is 0 Å². The van der Waals surface area contributed by atoms with Gasteiger partial charge in [0.25, 0.3) is 0 Å². The lowest BCUT2D eigenvalue weighted by molar-refractivity contribution is -0.152. The minimum absolute atomic E-state index is 0.174. The number of hydrogen-bond donors (Lipinski definition) is 0. The molecule has 100 valence electrons. The van der Waals surface area contributed by atoms with Crippen LogP contribution in [0.5, 0.6) is 0 Å². The molecule has 0 aliphatic carbocycles. The van der Waals surface area contributed by atoms with Gasteiger partial charge in [-0.15, -0.1) is 0 Å². The highest BCUT2D eigenvalue weighted by atomic mass is 16.5. The molecule has 0 radical (unpaired) electrons. The molecule has 1 saturated heterocycles. The zero-order valence-corrected chi connectivity index (χ0v) is 11.5. The molecule has 0 spiro atoms. The number of carbonyl (C=O) groups excluding carboxylic acids is 1. The van der Waals surface area contributed by atoms with Crippen molar-refractivity contribution in [2.75, 3.05) is 33.9 Å². The first-order valence-corrected chi connectivity index (χ1v) is 6.36. The number of methoxy groups -OCH3 is 1. The van der Waals surface area contributed by atoms with E-state index in [9.17, 15) is 4.79 Å². The third-order valence-corrected chi connectivity index (χ3v) is 3.85. The van der Waals surface area contributed by atoms with Crippen LogP contribution in [-0.4, -0.2) is 50.3 Å². The number of carbonyl (C=O) groups is 1. The first-order chi connectivity index (χ1) is 7.98. The molecule has 1 rings (SSSR count). The van der Waals surface area contributed by atoms with Crippen molar-refractivity contribution in [1.82, 2.24) is 4.90 Å². The van der Waals surface area contributed by atoms with Crippen molar-refractivity contribution in [1.29, 1.82) is 0 Å². The molecular formula is C13H25NO3. The van der Waals surface area contributed by atoms with Gasteiger partial charge in [0.1, 0.15) is 5.54 Å². The summed E-state index contributed by atoms with van der Waals surface area (Å²) in [7, 11) is 3.42. The lowest BCUT2D eigenvalue weighted by atomic mass is 9.95. The highest BCUT2D eigenvalue weighted by Crippen LogP contribution is 2.21. The molecular weight excluding hydrogens is 218 g/mol. The topological polar surface area (TPSA) is 38.8 Å². The molecule has 0 aromatic carbocycles. The second kappa shape index (κ2) is 6.36. The van der Waals surface area contributed by atoms with E-state index in [0.29, 0.717) is 0 Å². The van der Waals surface area contributed by atoms with Crippen LogP contribution in [0.4, 0.5) is 0 Å². The van der Waals surface area contributed by atoms with Gasteiger partial charge in [-0.05, 0) is 52.6 Å². The molecule has 1 fully saturated rings. The maximum atomic E-state index is 11.6. The van der Waals surface area contributed by atoms with Crippen LogP contribution >= 0.6 is 0 Å². The summed E-state index contributed by atoms with van der Waals surface area (Å²) in [5.74, 6) is 0.562. The van der Waals surface area contributed by atoms with Crippen molar-refractivity contribution in [3.63, 3.8) is 0 Å². The van der Waals surface area contributed by atoms with Crippen molar-refractivity contribution in [3.05, 3.63) is 0 Å². The third-order valence-electron chi connectivity index (χ3n) is 3.85. The number of esters is 1. The van der Waals surface area contributed by atoms with Crippen molar-refractivity contribution in [3.8, 4) is 0 Å². The van der Waals surface area contributed by atoms with Gasteiger partial charge in [0, 0.05) is 13.2 Å². The van der Waals surface area contributed by atoms with Crippen molar-refractivity contribution >= 4 is 5.97 Å². The van der Waals surface area contributed by atoms with Gasteiger partial charge in [-0.1, -0.05) is 0 Å². The monoisotopic (exact) mass is 243 g/mol. The summed E-state index contributed by atoms with van der Waals surface area (Å²) in [6.45, 7) is 6.50. The molecule has 0 N–H and O–H groups in total. The summed E-state index contributed by atoms with van der Waals surface area (Å²) >= 11 is 0. The second-order valence-corrected chi connectivity index (χ2v) is 5.32. The van der Waals surface area contributed by atoms with Crippen LogP contribution in [0.1, 0.15) is 33.1 Å². The Labute approximate surface area is 104 Å². The fraction of sp³-hybridized carbons (Fsp3) is 0.923. The Kier molecular flexibility index (Phi) is 5.40. The molecule has 1 heterocycles. The second-order valence-electron chi connectivity index (χ2n) is 5.32. The van der Waals surface area contributed by atoms with E-state index in [0.717, 1.165) is 44.9 Å². The Bertz CT molecular complexity index is 247. The Morgan fingerprint density at radius 1 is 1.41 bits per heavy atom. The van der Waals surface area contributed by atoms with Crippen molar-refractivity contribution in [2.24, 2.45) is 5.92 Å². The largest absolute Gasteiger partial charge is 0.468 e. The summed E-state index contributed by atoms with van der Waals surface area (Å²) in [5.41, 5.74) is -0.542. The molecule has 0 aromatic heterocycles. The zero-order valence-electron chi connectivity index (χ0n) is 11.5. The number of hydrogen-bond acceptors (Lipinski definition) is 4. The Hall–Kier alpha value is -0.610. The van der Waals surface area contributed by atoms with Crippen LogP contribution in [0.2, 0.25) is 0 Å². The van der Waals surface area contributed by atoms with E-state index in [-0.39, 0.29) is 5.97 Å². The van der Waals surface area contributed by atoms with Crippen LogP contribution in [0.15, 0.2) is 0 Å². The van der Waals surface area contributed by atoms with Crippen LogP contribution < -0.4 is 0 Å². The van der Waals surface area contributed by atoms with Gasteiger partial charge in [-0.3, -0.25) is 9.69 Å². The first kappa shape index (κ1) is 14.5. The van der Waals surface area contributed by atoms with E-state index in [1.54, 1.807) is 0 Å². The minimum atomic E-state index is -0.542. The van der Waals surface area contributed by atoms with E-state index >= 15 is 0 Å². The van der Waals surface area contributed by atoms with E-state index in [1.807, 2.05) is 20.9 Å². The van der Waals surface area contributed by atoms with E-state index < -0.39 is 5.54 Å². The number of nitrogens with zero attached hydrogens (tertiary/aromatic N) is 1. The summed E-state index contributed by atoms with van der Waals surface area (Å²) < 4.78 is 10.2. The van der Waals surface area contributed by atoms with Crippen LogP contribution in [-0.2, 0) is 14.3 Å². The highest BCUT2D eigenvalue weighted by molar-refractivity contribution is 5.79. The quantitative estimate of drug-likeness (QED) is 0.689. The third kappa shape index (κ3) is 3.96. The van der Waals surface area contributed by atoms with Crippen molar-refractivity contribution in [2.45, 2.75) is 38.6 Å². The highest BCUT2D eigenvalue weighted by Gasteiger charge is 2.33. The molecule has 0 amide bonds. The van der Waals surface area contributed by atoms with E-state index in [1.165, 1.54) is 7.11 Å². The van der Waals surface area contributed by atoms with Gasteiger partial charge in [0.2, 0.25) is 0 Å². The molecule has 0 atom stereocenters. The van der Waals surface area contributed by atoms with E-state index in [4.69, 9.17) is 9.47 Å². The SMILES string of the molecule is COC(=O)C(C)(C)N(C)CCC1CCOCC1. The fourth-order valence-corrected chi connectivity index (χ4v) is 2.10. The van der Waals surface area contributed by atoms with E-state index in [2.05, 4.69) is 4.90 Å². The lowest BCUT2D eigenvalue weighted by Gasteiger charge is -2.34. The maximum absolute atomic E-state index is 11.6. The molecule has 1 aliphatic rings. The van der Waals surface area contributed by atoms with Crippen LogP contribution in [0.25, 0.3) is 0 Å². The summed E-state index contributed by atoms with van der Waals surface area (Å²) in [6, 6.07) is 0.